The Bertz CT molecular complexity index is 1900. The van der Waals surface area contributed by atoms with Gasteiger partial charge in [0.05, 0.1) is 18.6 Å². The fourth-order valence-corrected chi connectivity index (χ4v) is 9.64. The number of fused-ring (bicyclic) bond motifs is 1. The summed E-state index contributed by atoms with van der Waals surface area (Å²) in [5.41, 5.74) is 0.983. The Morgan fingerprint density at radius 3 is 2.29 bits per heavy atom. The van der Waals surface area contributed by atoms with Crippen LogP contribution in [0.15, 0.2) is 36.9 Å². The average Bonchev–Trinajstić information content (AvgIpc) is 3.96. The molecule has 3 heterocycles. The predicted octanol–water partition coefficient (Wildman–Crippen LogP) is 5.01. The number of nitrogens with one attached hydrogen (secondary N) is 4. The molecule has 2 saturated carbocycles. The molecule has 7 amide bonds. The lowest BCUT2D eigenvalue weighted by atomic mass is 9.70. The first kappa shape index (κ1) is 47.5. The zero-order chi connectivity index (χ0) is 45.7. The summed E-state index contributed by atoms with van der Waals surface area (Å²) in [6, 6.07) is 3.57. The van der Waals surface area contributed by atoms with Gasteiger partial charge in [-0.15, -0.1) is 6.58 Å². The van der Waals surface area contributed by atoms with E-state index in [-0.39, 0.29) is 43.2 Å². The highest BCUT2D eigenvalue weighted by molar-refractivity contribution is 6.38. The van der Waals surface area contributed by atoms with E-state index in [1.165, 1.54) is 16.5 Å². The Morgan fingerprint density at radius 2 is 1.63 bits per heavy atom. The highest BCUT2D eigenvalue weighted by Crippen LogP contribution is 2.41. The van der Waals surface area contributed by atoms with Gasteiger partial charge in [-0.05, 0) is 65.4 Å². The molecule has 1 aromatic carbocycles. The Labute approximate surface area is 373 Å². The number of ether oxygens (including phenoxy) is 1. The minimum atomic E-state index is -1.17. The molecule has 346 valence electrons. The molecule has 2 aliphatic carbocycles. The molecule has 5 aliphatic rings. The number of hydrogen-bond donors (Lipinski definition) is 4. The van der Waals surface area contributed by atoms with Crippen LogP contribution in [0.5, 0.6) is 0 Å². The summed E-state index contributed by atoms with van der Waals surface area (Å²) < 4.78 is 6.09. The van der Waals surface area contributed by atoms with Gasteiger partial charge in [0, 0.05) is 45.6 Å². The number of rotatable bonds is 15. The normalized spacial score (nSPS) is 23.3. The van der Waals surface area contributed by atoms with E-state index in [0.717, 1.165) is 44.1 Å². The molecule has 5 atom stereocenters. The third kappa shape index (κ3) is 12.2. The first-order valence-corrected chi connectivity index (χ1v) is 23.2. The summed E-state index contributed by atoms with van der Waals surface area (Å²) in [5.74, 6) is -2.53. The first-order valence-electron chi connectivity index (χ1n) is 23.2. The van der Waals surface area contributed by atoms with Crippen LogP contribution in [0.2, 0.25) is 0 Å². The number of Topliss-reactive ketones (excluding diaryl/α,β-unsaturated/α-hetero) is 1. The molecule has 2 saturated heterocycles. The Hall–Kier alpha value is -4.95. The molecular formula is C48H71N7O8. The van der Waals surface area contributed by atoms with Crippen molar-refractivity contribution in [3.63, 3.8) is 0 Å². The lowest BCUT2D eigenvalue weighted by Crippen LogP contribution is -2.63. The summed E-state index contributed by atoms with van der Waals surface area (Å²) in [5, 5.41) is 11.5. The van der Waals surface area contributed by atoms with Crippen LogP contribution >= 0.6 is 0 Å². The first-order chi connectivity index (χ1) is 29.8. The van der Waals surface area contributed by atoms with Crippen molar-refractivity contribution >= 4 is 41.5 Å². The van der Waals surface area contributed by atoms with E-state index >= 15 is 4.79 Å². The van der Waals surface area contributed by atoms with E-state index in [1.54, 1.807) is 4.90 Å². The highest BCUT2D eigenvalue weighted by Gasteiger charge is 2.50. The van der Waals surface area contributed by atoms with Crippen LogP contribution < -0.4 is 21.3 Å². The Morgan fingerprint density at radius 1 is 0.937 bits per heavy atom. The molecule has 63 heavy (non-hydrogen) atoms. The Balaban J connectivity index is 1.25. The minimum Gasteiger partial charge on any atom is -0.444 e. The second kappa shape index (κ2) is 19.8. The zero-order valence-corrected chi connectivity index (χ0v) is 38.4. The number of likely N-dealkylation sites (tertiary alicyclic amines) is 2. The summed E-state index contributed by atoms with van der Waals surface area (Å²) in [6.07, 6.45) is 7.96. The van der Waals surface area contributed by atoms with Crippen LogP contribution in [0.25, 0.3) is 0 Å². The molecule has 15 heteroatoms. The van der Waals surface area contributed by atoms with Gasteiger partial charge in [-0.25, -0.2) is 9.59 Å². The topological polar surface area (TPSA) is 187 Å². The molecule has 6 rings (SSSR count). The molecule has 0 bridgehead atoms. The number of nitrogens with zero attached hydrogens (tertiary/aromatic N) is 3. The monoisotopic (exact) mass is 874 g/mol. The van der Waals surface area contributed by atoms with E-state index in [1.807, 2.05) is 56.9 Å². The van der Waals surface area contributed by atoms with Gasteiger partial charge in [-0.2, -0.15) is 0 Å². The molecule has 0 aromatic heterocycles. The van der Waals surface area contributed by atoms with Crippen molar-refractivity contribution in [2.24, 2.45) is 22.2 Å². The van der Waals surface area contributed by atoms with E-state index in [4.69, 9.17) is 4.74 Å². The molecule has 15 nitrogen and oxygen atoms in total. The Kier molecular flexibility index (Phi) is 15.0. The fourth-order valence-electron chi connectivity index (χ4n) is 9.64. The number of benzene rings is 1. The number of piperidine rings is 1. The van der Waals surface area contributed by atoms with Crippen LogP contribution in [0.1, 0.15) is 123 Å². The highest BCUT2D eigenvalue weighted by atomic mass is 16.6. The molecule has 1 aromatic rings. The van der Waals surface area contributed by atoms with Crippen LogP contribution in [-0.2, 0) is 41.7 Å². The molecule has 4 fully saturated rings. The number of ketones is 1. The molecular weight excluding hydrogens is 803 g/mol. The van der Waals surface area contributed by atoms with Gasteiger partial charge in [0.15, 0.2) is 0 Å². The van der Waals surface area contributed by atoms with Gasteiger partial charge >= 0.3 is 12.1 Å². The second-order valence-electron chi connectivity index (χ2n) is 20.9. The minimum absolute atomic E-state index is 0.0386. The molecule has 0 radical (unpaired) electrons. The maximum Gasteiger partial charge on any atom is 0.410 e. The van der Waals surface area contributed by atoms with Crippen LogP contribution in [0, 0.1) is 22.2 Å². The lowest BCUT2D eigenvalue weighted by Gasteiger charge is -2.43. The third-order valence-corrected chi connectivity index (χ3v) is 14.0. The van der Waals surface area contributed by atoms with Crippen LogP contribution in [0.3, 0.4) is 0 Å². The maximum atomic E-state index is 15.3. The van der Waals surface area contributed by atoms with Crippen molar-refractivity contribution in [2.45, 2.75) is 155 Å². The van der Waals surface area contributed by atoms with Gasteiger partial charge in [0.25, 0.3) is 5.91 Å². The summed E-state index contributed by atoms with van der Waals surface area (Å²) in [7, 11) is 0. The fraction of sp³-hybridized carbons (Fsp3) is 0.688. The number of carbonyl (C=O) groups is 7. The van der Waals surface area contributed by atoms with E-state index in [9.17, 15) is 28.8 Å². The summed E-state index contributed by atoms with van der Waals surface area (Å²) in [4.78, 5) is 102. The largest absolute Gasteiger partial charge is 0.444 e. The quantitative estimate of drug-likeness (QED) is 0.140. The van der Waals surface area contributed by atoms with Crippen molar-refractivity contribution in [1.29, 1.82) is 0 Å². The van der Waals surface area contributed by atoms with E-state index in [0.29, 0.717) is 51.9 Å². The van der Waals surface area contributed by atoms with Gasteiger partial charge in [-0.1, -0.05) is 104 Å². The number of carbonyl (C=O) groups excluding carboxylic acids is 7. The van der Waals surface area contributed by atoms with Crippen molar-refractivity contribution in [1.82, 2.24) is 36.0 Å². The van der Waals surface area contributed by atoms with E-state index < -0.39 is 76.7 Å². The standard InChI is InChI=1S/C48H71N7O8/c1-8-22-49-42(59)39(57)35(25-31-16-17-31)50-41(58)36-26-34(63-45(62)54-23-18-32-14-10-11-15-33(32)28-54)29-55(36)43(60)40(48(7)19-12-9-13-20-48)52-44(61)51-37(46(2,3)4)30-53-24-21-47(5,6)27-38(53)56/h8,10-11,14-15,31,34-37,40H,1,9,12-13,16-30H2,2-7H3,(H,49,59)(H,50,58)(H2,51,52,61)/t34?,35?,36-,37+,40+/m0/s1. The number of hydrogen-bond acceptors (Lipinski definition) is 8. The van der Waals surface area contributed by atoms with Crippen molar-refractivity contribution in [3.05, 3.63) is 48.0 Å². The molecule has 2 unspecified atom stereocenters. The lowest BCUT2D eigenvalue weighted by molar-refractivity contribution is -0.144. The van der Waals surface area contributed by atoms with Crippen molar-refractivity contribution in [2.75, 3.05) is 32.7 Å². The van der Waals surface area contributed by atoms with Crippen molar-refractivity contribution in [3.8, 4) is 0 Å². The summed E-state index contributed by atoms with van der Waals surface area (Å²) >= 11 is 0. The number of urea groups is 1. The zero-order valence-electron chi connectivity index (χ0n) is 38.4. The van der Waals surface area contributed by atoms with E-state index in [2.05, 4.69) is 41.7 Å². The van der Waals surface area contributed by atoms with Gasteiger partial charge in [0.2, 0.25) is 23.5 Å². The van der Waals surface area contributed by atoms with Gasteiger partial charge in [-0.3, -0.25) is 24.0 Å². The summed E-state index contributed by atoms with van der Waals surface area (Å²) in [6.45, 7) is 17.5. The average molecular weight is 874 g/mol. The van der Waals surface area contributed by atoms with Crippen LogP contribution in [0.4, 0.5) is 9.59 Å². The third-order valence-electron chi connectivity index (χ3n) is 14.0. The molecule has 3 aliphatic heterocycles. The van der Waals surface area contributed by atoms with Gasteiger partial charge < -0.3 is 40.7 Å². The second-order valence-corrected chi connectivity index (χ2v) is 20.9. The van der Waals surface area contributed by atoms with Gasteiger partial charge in [0.1, 0.15) is 18.2 Å². The van der Waals surface area contributed by atoms with Crippen LogP contribution in [-0.4, -0.2) is 119 Å². The molecule has 0 spiro atoms. The smallest absolute Gasteiger partial charge is 0.410 e. The maximum absolute atomic E-state index is 15.3. The van der Waals surface area contributed by atoms with Crippen molar-refractivity contribution < 1.29 is 38.3 Å². The molecule has 4 N–H and O–H groups in total. The predicted molar refractivity (Wildman–Crippen MR) is 238 cm³/mol. The number of amides is 7. The SMILES string of the molecule is C=CCNC(=O)C(=O)C(CC1CC1)NC(=O)[C@@H]1CC(OC(=O)N2CCc3ccccc3C2)CN1C(=O)[C@@H](NC(=O)N[C@H](CN1CCC(C)(C)CC1=O)C(C)(C)C)C1(C)CCCCC1.